The van der Waals surface area contributed by atoms with Crippen LogP contribution in [0.5, 0.6) is 0 Å². The molecule has 2 heteroatoms. The quantitative estimate of drug-likeness (QED) is 0.285. The molecule has 1 aliphatic rings. The molecule has 4 aromatic rings. The average Bonchev–Trinajstić information content (AvgIpc) is 2.90. The van der Waals surface area contributed by atoms with Gasteiger partial charge in [0.25, 0.3) is 0 Å². The third kappa shape index (κ3) is 2.30. The van der Waals surface area contributed by atoms with Gasteiger partial charge < -0.3 is 4.98 Å². The van der Waals surface area contributed by atoms with Gasteiger partial charge in [-0.05, 0) is 44.8 Å². The van der Waals surface area contributed by atoms with Crippen LogP contribution in [0.3, 0.4) is 0 Å². The zero-order valence-electron chi connectivity index (χ0n) is 14.7. The van der Waals surface area contributed by atoms with Gasteiger partial charge in [0.1, 0.15) is 0 Å². The maximum Gasteiger partial charge on any atom is 0.0167 e. The predicted molar refractivity (Wildman–Crippen MR) is 104 cm³/mol. The van der Waals surface area contributed by atoms with Crippen molar-refractivity contribution in [3.8, 4) is 22.4 Å². The van der Waals surface area contributed by atoms with Crippen molar-refractivity contribution < 1.29 is 20.1 Å². The molecule has 0 fully saturated rings. The molecule has 0 unspecified atom stereocenters. The molecule has 1 aliphatic carbocycles. The number of nitrogens with zero attached hydrogens (tertiary/aromatic N) is 1. The van der Waals surface area contributed by atoms with Gasteiger partial charge >= 0.3 is 0 Å². The Morgan fingerprint density at radius 3 is 2.50 bits per heavy atom. The van der Waals surface area contributed by atoms with Crippen LogP contribution in [-0.4, -0.2) is 4.98 Å². The first kappa shape index (κ1) is 17.1. The van der Waals surface area contributed by atoms with Crippen molar-refractivity contribution in [1.29, 1.82) is 0 Å². The summed E-state index contributed by atoms with van der Waals surface area (Å²) in [6.45, 7) is 4.61. The van der Waals surface area contributed by atoms with Crippen LogP contribution in [0.2, 0.25) is 0 Å². The van der Waals surface area contributed by atoms with Crippen LogP contribution in [0.4, 0.5) is 0 Å². The van der Waals surface area contributed by atoms with Crippen molar-refractivity contribution in [2.75, 3.05) is 0 Å². The summed E-state index contributed by atoms with van der Waals surface area (Å²) in [5, 5.41) is 2.61. The summed E-state index contributed by atoms with van der Waals surface area (Å²) >= 11 is 0. The molecule has 5 rings (SSSR count). The number of benzene rings is 3. The third-order valence-corrected chi connectivity index (χ3v) is 5.41. The topological polar surface area (TPSA) is 12.9 Å². The molecule has 3 aromatic carbocycles. The van der Waals surface area contributed by atoms with E-state index < -0.39 is 0 Å². The standard InChI is InChI=1S/C24H18N.Ir/c1-24(2)20-13-12-16-8-6-7-11-18(16)21(20)19-14-15-25-23(22(19)24)17-9-4-3-5-10-17;/h3-9,11-15H,1-2H3;/q-1;. The fraction of sp³-hybridized carbons (Fsp3) is 0.125. The Balaban J connectivity index is 0.00000168. The fourth-order valence-electron chi connectivity index (χ4n) is 4.26. The zero-order valence-corrected chi connectivity index (χ0v) is 17.1. The summed E-state index contributed by atoms with van der Waals surface area (Å²) in [7, 11) is 0. The van der Waals surface area contributed by atoms with Crippen LogP contribution in [0.25, 0.3) is 33.2 Å². The number of rotatable bonds is 1. The Hall–Kier alpha value is -2.28. The van der Waals surface area contributed by atoms with Crippen molar-refractivity contribution in [3.05, 3.63) is 90.1 Å². The monoisotopic (exact) mass is 513 g/mol. The normalized spacial score (nSPS) is 13.8. The largest absolute Gasteiger partial charge is 0.304 e. The molecule has 0 aliphatic heterocycles. The maximum absolute atomic E-state index is 4.75. The van der Waals surface area contributed by atoms with E-state index in [4.69, 9.17) is 4.98 Å². The van der Waals surface area contributed by atoms with Crippen molar-refractivity contribution in [1.82, 2.24) is 4.98 Å². The van der Waals surface area contributed by atoms with E-state index >= 15 is 0 Å². The van der Waals surface area contributed by atoms with Gasteiger partial charge in [-0.15, -0.1) is 35.9 Å². The molecule has 0 saturated carbocycles. The number of hydrogen-bond donors (Lipinski definition) is 0. The SMILES string of the molecule is CC1(C)c2ccc3ccccc3c2-c2ccnc(-c3[c-]cccc3)c21.[Ir]. The van der Waals surface area contributed by atoms with Crippen LogP contribution in [0.1, 0.15) is 25.0 Å². The molecule has 129 valence electrons. The number of pyridine rings is 1. The first-order valence-electron chi connectivity index (χ1n) is 8.67. The maximum atomic E-state index is 4.75. The second-order valence-electron chi connectivity index (χ2n) is 7.19. The van der Waals surface area contributed by atoms with Gasteiger partial charge in [-0.25, -0.2) is 0 Å². The van der Waals surface area contributed by atoms with Gasteiger partial charge in [-0.2, -0.15) is 0 Å². The Kier molecular flexibility index (Phi) is 4.06. The molecule has 0 bridgehead atoms. The Labute approximate surface area is 167 Å². The minimum Gasteiger partial charge on any atom is -0.304 e. The molecule has 26 heavy (non-hydrogen) atoms. The number of hydrogen-bond acceptors (Lipinski definition) is 1. The molecule has 0 atom stereocenters. The second-order valence-corrected chi connectivity index (χ2v) is 7.19. The van der Waals surface area contributed by atoms with E-state index in [9.17, 15) is 0 Å². The van der Waals surface area contributed by atoms with Gasteiger partial charge in [0, 0.05) is 31.7 Å². The van der Waals surface area contributed by atoms with Crippen molar-refractivity contribution in [3.63, 3.8) is 0 Å². The molecule has 0 spiro atoms. The molecule has 1 nitrogen and oxygen atoms in total. The molecule has 0 N–H and O–H groups in total. The molecule has 1 radical (unpaired) electrons. The Bertz CT molecular complexity index is 1110. The molecular weight excluding hydrogens is 494 g/mol. The minimum atomic E-state index is -0.0814. The smallest absolute Gasteiger partial charge is 0.0167 e. The van der Waals surface area contributed by atoms with Gasteiger partial charge in [-0.3, -0.25) is 0 Å². The van der Waals surface area contributed by atoms with Crippen LogP contribution in [0.15, 0.2) is 72.9 Å². The van der Waals surface area contributed by atoms with Crippen LogP contribution in [0, 0.1) is 6.07 Å². The van der Waals surface area contributed by atoms with E-state index in [2.05, 4.69) is 74.5 Å². The average molecular weight is 513 g/mol. The van der Waals surface area contributed by atoms with Gasteiger partial charge in [0.05, 0.1) is 0 Å². The minimum absolute atomic E-state index is 0. The van der Waals surface area contributed by atoms with E-state index in [1.54, 1.807) is 0 Å². The van der Waals surface area contributed by atoms with Crippen LogP contribution < -0.4 is 0 Å². The summed E-state index contributed by atoms with van der Waals surface area (Å²) in [6.07, 6.45) is 1.93. The molecule has 1 heterocycles. The van der Waals surface area contributed by atoms with E-state index in [-0.39, 0.29) is 25.5 Å². The number of aromatic nitrogens is 1. The van der Waals surface area contributed by atoms with Crippen molar-refractivity contribution >= 4 is 10.8 Å². The molecule has 0 saturated heterocycles. The van der Waals surface area contributed by atoms with E-state index in [1.807, 2.05) is 18.3 Å². The van der Waals surface area contributed by atoms with Crippen molar-refractivity contribution in [2.24, 2.45) is 0 Å². The van der Waals surface area contributed by atoms with Gasteiger partial charge in [0.15, 0.2) is 0 Å². The van der Waals surface area contributed by atoms with Gasteiger partial charge in [-0.1, -0.05) is 50.2 Å². The van der Waals surface area contributed by atoms with E-state index in [1.165, 1.54) is 33.0 Å². The van der Waals surface area contributed by atoms with E-state index in [0.29, 0.717) is 0 Å². The predicted octanol–water partition coefficient (Wildman–Crippen LogP) is 6.01. The first-order chi connectivity index (χ1) is 12.2. The molecule has 1 aromatic heterocycles. The second kappa shape index (κ2) is 6.16. The van der Waals surface area contributed by atoms with E-state index in [0.717, 1.165) is 11.3 Å². The Morgan fingerprint density at radius 2 is 1.69 bits per heavy atom. The van der Waals surface area contributed by atoms with Crippen LogP contribution in [-0.2, 0) is 25.5 Å². The summed E-state index contributed by atoms with van der Waals surface area (Å²) in [5.74, 6) is 0. The van der Waals surface area contributed by atoms with Gasteiger partial charge in [0.2, 0.25) is 0 Å². The summed E-state index contributed by atoms with van der Waals surface area (Å²) < 4.78 is 0. The first-order valence-corrected chi connectivity index (χ1v) is 8.67. The summed E-state index contributed by atoms with van der Waals surface area (Å²) in [5.41, 5.74) is 7.38. The summed E-state index contributed by atoms with van der Waals surface area (Å²) in [6, 6.07) is 26.8. The third-order valence-electron chi connectivity index (χ3n) is 5.41. The zero-order chi connectivity index (χ0) is 17.0. The van der Waals surface area contributed by atoms with Crippen LogP contribution >= 0.6 is 0 Å². The number of fused-ring (bicyclic) bond motifs is 5. The summed E-state index contributed by atoms with van der Waals surface area (Å²) in [4.78, 5) is 4.75. The fourth-order valence-corrected chi connectivity index (χ4v) is 4.26. The molecular formula is C24H18IrN-. The van der Waals surface area contributed by atoms with Crippen molar-refractivity contribution in [2.45, 2.75) is 19.3 Å². The Morgan fingerprint density at radius 1 is 0.885 bits per heavy atom. The molecule has 0 amide bonds.